The highest BCUT2D eigenvalue weighted by atomic mass is 15.6. The second kappa shape index (κ2) is 4.39. The fourth-order valence-electron chi connectivity index (χ4n) is 1.78. The molecule has 2 nitrogen and oxygen atoms in total. The number of hydrogen-bond acceptors (Lipinski definition) is 2. The number of rotatable bonds is 2. The second-order valence-electron chi connectivity index (χ2n) is 3.92. The molecule has 0 saturated heterocycles. The summed E-state index contributed by atoms with van der Waals surface area (Å²) < 4.78 is 0. The third kappa shape index (κ3) is 1.99. The Kier molecular flexibility index (Phi) is 3.40. The number of hydrazine groups is 1. The van der Waals surface area contributed by atoms with Crippen LogP contribution in [0.1, 0.15) is 27.7 Å². The molecular weight excluding hydrogens is 184 g/mol. The van der Waals surface area contributed by atoms with Crippen LogP contribution in [0.2, 0.25) is 0 Å². The molecule has 1 aliphatic rings. The lowest BCUT2D eigenvalue weighted by atomic mass is 10.0. The van der Waals surface area contributed by atoms with Crippen LogP contribution in [0.25, 0.3) is 0 Å². The van der Waals surface area contributed by atoms with Gasteiger partial charge in [-0.25, -0.2) is 0 Å². The summed E-state index contributed by atoms with van der Waals surface area (Å²) in [7, 11) is 0. The molecule has 0 amide bonds. The van der Waals surface area contributed by atoms with Crippen LogP contribution in [0.5, 0.6) is 0 Å². The SMILES string of the molecule is C=CN1C=C(C)C(C)=C(C)C(C)N1C=C. The van der Waals surface area contributed by atoms with Gasteiger partial charge in [-0.2, -0.15) is 0 Å². The van der Waals surface area contributed by atoms with Gasteiger partial charge in [-0.15, -0.1) is 0 Å². The third-order valence-corrected chi connectivity index (χ3v) is 3.17. The molecule has 15 heavy (non-hydrogen) atoms. The summed E-state index contributed by atoms with van der Waals surface area (Å²) in [4.78, 5) is 0. The van der Waals surface area contributed by atoms with Gasteiger partial charge in [0.1, 0.15) is 0 Å². The monoisotopic (exact) mass is 204 g/mol. The topological polar surface area (TPSA) is 6.48 Å². The summed E-state index contributed by atoms with van der Waals surface area (Å²) in [6, 6.07) is 0.314. The van der Waals surface area contributed by atoms with Crippen molar-refractivity contribution in [2.45, 2.75) is 33.7 Å². The van der Waals surface area contributed by atoms with E-state index in [1.165, 1.54) is 16.7 Å². The zero-order valence-corrected chi connectivity index (χ0v) is 10.1. The maximum absolute atomic E-state index is 3.84. The Morgan fingerprint density at radius 3 is 2.27 bits per heavy atom. The highest BCUT2D eigenvalue weighted by Gasteiger charge is 2.20. The van der Waals surface area contributed by atoms with Crippen LogP contribution >= 0.6 is 0 Å². The van der Waals surface area contributed by atoms with Crippen LogP contribution in [0.3, 0.4) is 0 Å². The Bertz CT molecular complexity index is 336. The molecule has 0 fully saturated rings. The molecule has 1 atom stereocenters. The van der Waals surface area contributed by atoms with Crippen LogP contribution in [-0.4, -0.2) is 16.1 Å². The van der Waals surface area contributed by atoms with E-state index in [9.17, 15) is 0 Å². The number of nitrogens with zero attached hydrogens (tertiary/aromatic N) is 2. The first-order chi connectivity index (χ1) is 7.02. The average Bonchev–Trinajstić information content (AvgIpc) is 2.31. The Hall–Kier alpha value is -1.44. The van der Waals surface area contributed by atoms with Crippen molar-refractivity contribution in [2.24, 2.45) is 0 Å². The van der Waals surface area contributed by atoms with Crippen molar-refractivity contribution in [3.05, 3.63) is 48.5 Å². The maximum Gasteiger partial charge on any atom is 0.0687 e. The first kappa shape index (κ1) is 11.6. The minimum absolute atomic E-state index is 0.314. The van der Waals surface area contributed by atoms with Gasteiger partial charge in [-0.1, -0.05) is 13.2 Å². The molecule has 0 radical (unpaired) electrons. The molecule has 1 unspecified atom stereocenters. The van der Waals surface area contributed by atoms with Gasteiger partial charge in [0, 0.05) is 18.6 Å². The van der Waals surface area contributed by atoms with E-state index in [1.54, 1.807) is 6.20 Å². The van der Waals surface area contributed by atoms with E-state index >= 15 is 0 Å². The quantitative estimate of drug-likeness (QED) is 0.680. The van der Waals surface area contributed by atoms with E-state index in [0.717, 1.165) is 0 Å². The molecule has 1 rings (SSSR count). The number of hydrogen-bond donors (Lipinski definition) is 0. The fraction of sp³-hybridized carbons (Fsp3) is 0.385. The highest BCUT2D eigenvalue weighted by Crippen LogP contribution is 2.26. The molecule has 0 aromatic carbocycles. The number of allylic oxidation sites excluding steroid dienone is 2. The Morgan fingerprint density at radius 1 is 1.20 bits per heavy atom. The van der Waals surface area contributed by atoms with Crippen LogP contribution in [0, 0.1) is 0 Å². The molecule has 0 spiro atoms. The highest BCUT2D eigenvalue weighted by molar-refractivity contribution is 5.35. The van der Waals surface area contributed by atoms with Gasteiger partial charge in [0.05, 0.1) is 6.04 Å². The van der Waals surface area contributed by atoms with E-state index in [2.05, 4.69) is 52.1 Å². The van der Waals surface area contributed by atoms with Crippen LogP contribution in [0.15, 0.2) is 48.5 Å². The standard InChI is InChI=1S/C13H20N2/c1-7-14-9-10(3)11(4)12(5)13(6)15(14)8-2/h7-9,13H,1-2H2,3-6H3. The molecule has 0 aromatic heterocycles. The van der Waals surface area contributed by atoms with E-state index in [0.29, 0.717) is 6.04 Å². The van der Waals surface area contributed by atoms with E-state index < -0.39 is 0 Å². The lowest BCUT2D eigenvalue weighted by Crippen LogP contribution is -2.37. The van der Waals surface area contributed by atoms with Crippen molar-refractivity contribution >= 4 is 0 Å². The first-order valence-electron chi connectivity index (χ1n) is 5.20. The second-order valence-corrected chi connectivity index (χ2v) is 3.92. The van der Waals surface area contributed by atoms with Gasteiger partial charge in [0.2, 0.25) is 0 Å². The molecule has 1 heterocycles. The van der Waals surface area contributed by atoms with Crippen molar-refractivity contribution in [2.75, 3.05) is 0 Å². The van der Waals surface area contributed by atoms with Crippen molar-refractivity contribution in [1.82, 2.24) is 10.0 Å². The normalized spacial score (nSPS) is 22.4. The Morgan fingerprint density at radius 2 is 1.80 bits per heavy atom. The molecule has 2 heteroatoms. The summed E-state index contributed by atoms with van der Waals surface area (Å²) in [6.07, 6.45) is 5.71. The van der Waals surface area contributed by atoms with E-state index in [4.69, 9.17) is 0 Å². The zero-order valence-electron chi connectivity index (χ0n) is 10.1. The molecule has 0 aromatic rings. The smallest absolute Gasteiger partial charge is 0.0687 e. The first-order valence-corrected chi connectivity index (χ1v) is 5.20. The molecule has 0 N–H and O–H groups in total. The van der Waals surface area contributed by atoms with Crippen molar-refractivity contribution in [1.29, 1.82) is 0 Å². The predicted molar refractivity (Wildman–Crippen MR) is 65.7 cm³/mol. The van der Waals surface area contributed by atoms with Crippen LogP contribution < -0.4 is 0 Å². The lowest BCUT2D eigenvalue weighted by Gasteiger charge is -2.34. The average molecular weight is 204 g/mol. The van der Waals surface area contributed by atoms with Gasteiger partial charge in [0.25, 0.3) is 0 Å². The zero-order chi connectivity index (χ0) is 11.6. The predicted octanol–water partition coefficient (Wildman–Crippen LogP) is 3.43. The Balaban J connectivity index is 3.24. The van der Waals surface area contributed by atoms with Gasteiger partial charge >= 0.3 is 0 Å². The summed E-state index contributed by atoms with van der Waals surface area (Å²) in [5.74, 6) is 0. The minimum Gasteiger partial charge on any atom is -0.283 e. The summed E-state index contributed by atoms with van der Waals surface area (Å²) in [5, 5.41) is 4.05. The molecule has 0 saturated carbocycles. The van der Waals surface area contributed by atoms with Crippen LogP contribution in [-0.2, 0) is 0 Å². The van der Waals surface area contributed by atoms with Crippen molar-refractivity contribution < 1.29 is 0 Å². The Labute approximate surface area is 92.8 Å². The van der Waals surface area contributed by atoms with Gasteiger partial charge < -0.3 is 0 Å². The van der Waals surface area contributed by atoms with Gasteiger partial charge in [0.15, 0.2) is 0 Å². The summed E-state index contributed by atoms with van der Waals surface area (Å²) in [6.45, 7) is 16.3. The molecule has 0 bridgehead atoms. The molecule has 1 aliphatic heterocycles. The minimum atomic E-state index is 0.314. The molecule has 0 aliphatic carbocycles. The maximum atomic E-state index is 3.84. The van der Waals surface area contributed by atoms with Crippen LogP contribution in [0.4, 0.5) is 0 Å². The third-order valence-electron chi connectivity index (χ3n) is 3.17. The summed E-state index contributed by atoms with van der Waals surface area (Å²) in [5.41, 5.74) is 3.98. The lowest BCUT2D eigenvalue weighted by molar-refractivity contribution is 0.106. The molecular formula is C13H20N2. The van der Waals surface area contributed by atoms with Crippen molar-refractivity contribution in [3.63, 3.8) is 0 Å². The summed E-state index contributed by atoms with van der Waals surface area (Å²) >= 11 is 0. The molecule has 82 valence electrons. The van der Waals surface area contributed by atoms with Gasteiger partial charge in [-0.3, -0.25) is 10.0 Å². The van der Waals surface area contributed by atoms with E-state index in [1.807, 2.05) is 11.2 Å². The van der Waals surface area contributed by atoms with E-state index in [-0.39, 0.29) is 0 Å². The largest absolute Gasteiger partial charge is 0.283 e. The fourth-order valence-corrected chi connectivity index (χ4v) is 1.78. The van der Waals surface area contributed by atoms with Crippen molar-refractivity contribution in [3.8, 4) is 0 Å². The van der Waals surface area contributed by atoms with Gasteiger partial charge in [-0.05, 0) is 44.4 Å².